The van der Waals surface area contributed by atoms with Gasteiger partial charge in [-0.25, -0.2) is 0 Å². The number of benzene rings is 1. The lowest BCUT2D eigenvalue weighted by molar-refractivity contribution is -0.118. The summed E-state index contributed by atoms with van der Waals surface area (Å²) in [5.41, 5.74) is 1.28. The number of thioether (sulfide) groups is 1. The van der Waals surface area contributed by atoms with Gasteiger partial charge in [-0.3, -0.25) is 4.79 Å². The molecular formula is C14H21NO3S. The van der Waals surface area contributed by atoms with Gasteiger partial charge in [-0.05, 0) is 18.4 Å². The lowest BCUT2D eigenvalue weighted by atomic mass is 10.1. The number of hydrogen-bond acceptors (Lipinski definition) is 4. The first-order valence-corrected chi connectivity index (χ1v) is 7.55. The van der Waals surface area contributed by atoms with Gasteiger partial charge in [0, 0.05) is 12.3 Å². The molecule has 0 heterocycles. The second kappa shape index (κ2) is 9.83. The zero-order valence-electron chi connectivity index (χ0n) is 10.9. The molecule has 0 bridgehead atoms. The fourth-order valence-electron chi connectivity index (χ4n) is 1.56. The number of nitrogens with one attached hydrogen (secondary N) is 1. The molecule has 0 radical (unpaired) electrons. The minimum Gasteiger partial charge on any atom is -0.394 e. The topological polar surface area (TPSA) is 69.6 Å². The van der Waals surface area contributed by atoms with E-state index >= 15 is 0 Å². The van der Waals surface area contributed by atoms with Crippen molar-refractivity contribution >= 4 is 17.7 Å². The number of carbonyl (C=O) groups is 1. The Morgan fingerprint density at radius 1 is 1.32 bits per heavy atom. The van der Waals surface area contributed by atoms with E-state index in [1.54, 1.807) is 0 Å². The molecule has 0 aliphatic carbocycles. The molecule has 5 heteroatoms. The Kier molecular flexibility index (Phi) is 8.29. The van der Waals surface area contributed by atoms with Crippen LogP contribution < -0.4 is 5.32 Å². The van der Waals surface area contributed by atoms with E-state index in [2.05, 4.69) is 17.4 Å². The highest BCUT2D eigenvalue weighted by atomic mass is 32.2. The summed E-state index contributed by atoms with van der Waals surface area (Å²) in [5.74, 6) is 0.680. The monoisotopic (exact) mass is 283 g/mol. The fourth-order valence-corrected chi connectivity index (χ4v) is 2.34. The third kappa shape index (κ3) is 7.87. The van der Waals surface area contributed by atoms with Crippen molar-refractivity contribution in [3.8, 4) is 0 Å². The van der Waals surface area contributed by atoms with Crippen LogP contribution in [-0.4, -0.2) is 46.9 Å². The maximum Gasteiger partial charge on any atom is 0.229 e. The normalized spacial score (nSPS) is 12.1. The van der Waals surface area contributed by atoms with Crippen LogP contribution in [0.4, 0.5) is 0 Å². The Bertz CT molecular complexity index is 359. The van der Waals surface area contributed by atoms with Gasteiger partial charge in [-0.15, -0.1) is 11.8 Å². The largest absolute Gasteiger partial charge is 0.394 e. The van der Waals surface area contributed by atoms with Crippen molar-refractivity contribution in [3.63, 3.8) is 0 Å². The molecule has 1 atom stereocenters. The Hall–Kier alpha value is -1.04. The van der Waals surface area contributed by atoms with Gasteiger partial charge in [-0.1, -0.05) is 30.3 Å². The van der Waals surface area contributed by atoms with Crippen molar-refractivity contribution in [3.05, 3.63) is 35.9 Å². The molecule has 0 saturated heterocycles. The van der Waals surface area contributed by atoms with Crippen LogP contribution in [0.1, 0.15) is 12.0 Å². The average molecular weight is 283 g/mol. The Balaban J connectivity index is 2.01. The molecule has 1 rings (SSSR count). The van der Waals surface area contributed by atoms with Crippen LogP contribution >= 0.6 is 11.8 Å². The molecule has 0 aliphatic rings. The van der Waals surface area contributed by atoms with Crippen molar-refractivity contribution < 1.29 is 15.0 Å². The van der Waals surface area contributed by atoms with Crippen LogP contribution in [-0.2, 0) is 11.2 Å². The number of aliphatic hydroxyl groups is 2. The molecule has 3 N–H and O–H groups in total. The van der Waals surface area contributed by atoms with Gasteiger partial charge < -0.3 is 15.5 Å². The highest BCUT2D eigenvalue weighted by molar-refractivity contribution is 7.99. The van der Waals surface area contributed by atoms with E-state index < -0.39 is 6.10 Å². The first-order valence-electron chi connectivity index (χ1n) is 6.39. The molecule has 1 amide bonds. The van der Waals surface area contributed by atoms with Gasteiger partial charge in [-0.2, -0.15) is 0 Å². The first kappa shape index (κ1) is 16.0. The summed E-state index contributed by atoms with van der Waals surface area (Å²) in [7, 11) is 0. The number of rotatable bonds is 9. The van der Waals surface area contributed by atoms with Gasteiger partial charge in [0.05, 0.1) is 18.5 Å². The standard InChI is InChI=1S/C14H21NO3S/c16-9-13(17)10-19-11-14(18)15-8-4-7-12-5-2-1-3-6-12/h1-3,5-6,13,16-17H,4,7-11H2,(H,15,18). The molecule has 106 valence electrons. The van der Waals surface area contributed by atoms with Crippen LogP contribution in [0, 0.1) is 0 Å². The van der Waals surface area contributed by atoms with Crippen molar-refractivity contribution in [2.75, 3.05) is 24.7 Å². The summed E-state index contributed by atoms with van der Waals surface area (Å²) in [6, 6.07) is 10.2. The Morgan fingerprint density at radius 3 is 2.74 bits per heavy atom. The van der Waals surface area contributed by atoms with Gasteiger partial charge in [0.15, 0.2) is 0 Å². The van der Waals surface area contributed by atoms with Crippen LogP contribution in [0.5, 0.6) is 0 Å². The molecule has 1 aromatic carbocycles. The molecule has 19 heavy (non-hydrogen) atoms. The highest BCUT2D eigenvalue weighted by Gasteiger charge is 2.05. The Labute approximate surface area is 118 Å². The van der Waals surface area contributed by atoms with Crippen LogP contribution in [0.15, 0.2) is 30.3 Å². The van der Waals surface area contributed by atoms with Crippen molar-refractivity contribution in [1.82, 2.24) is 5.32 Å². The number of aliphatic hydroxyl groups excluding tert-OH is 2. The minimum absolute atomic E-state index is 0.0248. The second-order valence-corrected chi connectivity index (χ2v) is 5.32. The SMILES string of the molecule is O=C(CSCC(O)CO)NCCCc1ccccc1. The maximum absolute atomic E-state index is 11.4. The zero-order valence-corrected chi connectivity index (χ0v) is 11.7. The van der Waals surface area contributed by atoms with Gasteiger partial charge in [0.25, 0.3) is 0 Å². The van der Waals surface area contributed by atoms with Crippen LogP contribution in [0.3, 0.4) is 0 Å². The zero-order chi connectivity index (χ0) is 13.9. The van der Waals surface area contributed by atoms with E-state index in [1.807, 2.05) is 18.2 Å². The summed E-state index contributed by atoms with van der Waals surface area (Å²) in [4.78, 5) is 11.4. The number of carbonyl (C=O) groups excluding carboxylic acids is 1. The summed E-state index contributed by atoms with van der Waals surface area (Å²) in [5, 5.41) is 20.6. The highest BCUT2D eigenvalue weighted by Crippen LogP contribution is 2.03. The minimum atomic E-state index is -0.740. The third-order valence-corrected chi connectivity index (χ3v) is 3.65. The lowest BCUT2D eigenvalue weighted by Gasteiger charge is -2.07. The molecule has 1 unspecified atom stereocenters. The molecular weight excluding hydrogens is 262 g/mol. The molecule has 1 aromatic rings. The van der Waals surface area contributed by atoms with Crippen molar-refractivity contribution in [2.45, 2.75) is 18.9 Å². The lowest BCUT2D eigenvalue weighted by Crippen LogP contribution is -2.27. The quantitative estimate of drug-likeness (QED) is 0.587. The summed E-state index contributed by atoms with van der Waals surface area (Å²) in [6.07, 6.45) is 1.13. The molecule has 0 fully saturated rings. The smallest absolute Gasteiger partial charge is 0.229 e. The predicted molar refractivity (Wildman–Crippen MR) is 78.2 cm³/mol. The van der Waals surface area contributed by atoms with E-state index in [0.29, 0.717) is 18.1 Å². The molecule has 0 aliphatic heterocycles. The van der Waals surface area contributed by atoms with Crippen molar-refractivity contribution in [2.24, 2.45) is 0 Å². The number of aryl methyl sites for hydroxylation is 1. The summed E-state index contributed by atoms with van der Waals surface area (Å²) in [6.45, 7) is 0.405. The van der Waals surface area contributed by atoms with Crippen LogP contribution in [0.2, 0.25) is 0 Å². The van der Waals surface area contributed by atoms with E-state index in [0.717, 1.165) is 12.8 Å². The molecule has 0 saturated carbocycles. The third-order valence-electron chi connectivity index (χ3n) is 2.56. The number of amides is 1. The predicted octanol–water partition coefficient (Wildman–Crippen LogP) is 0.822. The molecule has 0 aromatic heterocycles. The van der Waals surface area contributed by atoms with Crippen LogP contribution in [0.25, 0.3) is 0 Å². The summed E-state index contributed by atoms with van der Waals surface area (Å²) < 4.78 is 0. The molecule has 0 spiro atoms. The van der Waals surface area contributed by atoms with E-state index in [-0.39, 0.29) is 12.5 Å². The van der Waals surface area contributed by atoms with E-state index in [9.17, 15) is 4.79 Å². The van der Waals surface area contributed by atoms with Gasteiger partial charge in [0.1, 0.15) is 0 Å². The molecule has 4 nitrogen and oxygen atoms in total. The average Bonchev–Trinajstić information content (AvgIpc) is 2.44. The van der Waals surface area contributed by atoms with Gasteiger partial charge in [0.2, 0.25) is 5.91 Å². The van der Waals surface area contributed by atoms with Crippen molar-refractivity contribution in [1.29, 1.82) is 0 Å². The Morgan fingerprint density at radius 2 is 2.05 bits per heavy atom. The summed E-state index contributed by atoms with van der Waals surface area (Å²) >= 11 is 1.33. The maximum atomic E-state index is 11.4. The fraction of sp³-hybridized carbons (Fsp3) is 0.500. The first-order chi connectivity index (χ1) is 9.22. The van der Waals surface area contributed by atoms with E-state index in [1.165, 1.54) is 17.3 Å². The number of hydrogen-bond donors (Lipinski definition) is 3. The second-order valence-electron chi connectivity index (χ2n) is 4.29. The van der Waals surface area contributed by atoms with E-state index in [4.69, 9.17) is 10.2 Å². The van der Waals surface area contributed by atoms with Gasteiger partial charge >= 0.3 is 0 Å².